The van der Waals surface area contributed by atoms with Gasteiger partial charge in [-0.2, -0.15) is 0 Å². The van der Waals surface area contributed by atoms with Gasteiger partial charge in [0.15, 0.2) is 0 Å². The molecule has 0 aliphatic carbocycles. The molecule has 0 radical (unpaired) electrons. The van der Waals surface area contributed by atoms with Crippen LogP contribution in [0.3, 0.4) is 0 Å². The normalized spacial score (nSPS) is 9.95. The minimum absolute atomic E-state index is 0.0736. The number of rotatable bonds is 3. The lowest BCUT2D eigenvalue weighted by atomic mass is 10.2. The van der Waals surface area contributed by atoms with E-state index in [1.807, 2.05) is 18.4 Å². The molecule has 2 amide bonds. The maximum Gasteiger partial charge on any atom is 0.270 e. The van der Waals surface area contributed by atoms with E-state index in [0.717, 1.165) is 4.90 Å². The second-order valence-electron chi connectivity index (χ2n) is 4.16. The summed E-state index contributed by atoms with van der Waals surface area (Å²) < 4.78 is 0. The van der Waals surface area contributed by atoms with E-state index in [4.69, 9.17) is 5.11 Å². The van der Waals surface area contributed by atoms with Crippen molar-refractivity contribution in [1.82, 2.24) is 10.9 Å². The molecule has 2 aromatic rings. The number of thioether (sulfide) groups is 1. The molecule has 5 nitrogen and oxygen atoms in total. The molecule has 0 saturated carbocycles. The van der Waals surface area contributed by atoms with Crippen LogP contribution in [-0.2, 0) is 0 Å². The number of phenolic OH excluding ortho intramolecular Hbond substituents is 1. The molecule has 3 N–H and O–H groups in total. The molecule has 0 aliphatic heterocycles. The number of phenols is 1. The van der Waals surface area contributed by atoms with E-state index in [9.17, 15) is 9.59 Å². The lowest BCUT2D eigenvalue weighted by Gasteiger charge is -2.09. The molecule has 0 bridgehead atoms. The van der Waals surface area contributed by atoms with Gasteiger partial charge in [-0.05, 0) is 42.7 Å². The molecule has 21 heavy (non-hydrogen) atoms. The van der Waals surface area contributed by atoms with Gasteiger partial charge in [0.25, 0.3) is 11.8 Å². The van der Waals surface area contributed by atoms with Crippen LogP contribution in [-0.4, -0.2) is 23.2 Å². The zero-order chi connectivity index (χ0) is 15.2. The number of carbonyl (C=O) groups is 2. The lowest BCUT2D eigenvalue weighted by molar-refractivity contribution is 0.0845. The molecule has 0 atom stereocenters. The van der Waals surface area contributed by atoms with Gasteiger partial charge in [0.05, 0.1) is 5.56 Å². The summed E-state index contributed by atoms with van der Waals surface area (Å²) in [5, 5.41) is 9.16. The Kier molecular flexibility index (Phi) is 4.84. The van der Waals surface area contributed by atoms with Crippen LogP contribution in [0.15, 0.2) is 53.4 Å². The van der Waals surface area contributed by atoms with E-state index in [1.165, 1.54) is 36.0 Å². The third kappa shape index (κ3) is 3.76. The van der Waals surface area contributed by atoms with Gasteiger partial charge in [-0.1, -0.05) is 12.1 Å². The molecule has 0 aliphatic rings. The Labute approximate surface area is 126 Å². The lowest BCUT2D eigenvalue weighted by Crippen LogP contribution is -2.41. The first-order valence-corrected chi connectivity index (χ1v) is 7.37. The van der Waals surface area contributed by atoms with Gasteiger partial charge >= 0.3 is 0 Å². The summed E-state index contributed by atoms with van der Waals surface area (Å²) in [6.45, 7) is 0. The fraction of sp³-hybridized carbons (Fsp3) is 0.0667. The van der Waals surface area contributed by atoms with Crippen LogP contribution in [0.4, 0.5) is 0 Å². The van der Waals surface area contributed by atoms with E-state index in [1.54, 1.807) is 12.1 Å². The SMILES string of the molecule is CSc1ccccc1C(=O)NNC(=O)c1ccc(O)cc1. The number of hydrogen-bond donors (Lipinski definition) is 3. The predicted octanol–water partition coefficient (Wildman–Crippen LogP) is 2.19. The van der Waals surface area contributed by atoms with Crippen LogP contribution in [0, 0.1) is 0 Å². The van der Waals surface area contributed by atoms with Crippen molar-refractivity contribution in [3.8, 4) is 5.75 Å². The van der Waals surface area contributed by atoms with Crippen molar-refractivity contribution < 1.29 is 14.7 Å². The van der Waals surface area contributed by atoms with Crippen molar-refractivity contribution in [1.29, 1.82) is 0 Å². The molecule has 0 fully saturated rings. The van der Waals surface area contributed by atoms with E-state index in [-0.39, 0.29) is 11.7 Å². The Bertz CT molecular complexity index is 656. The highest BCUT2D eigenvalue weighted by Crippen LogP contribution is 2.19. The Hall–Kier alpha value is -2.47. The van der Waals surface area contributed by atoms with Crippen LogP contribution in [0.5, 0.6) is 5.75 Å². The molecular weight excluding hydrogens is 288 g/mol. The van der Waals surface area contributed by atoms with Crippen molar-refractivity contribution in [3.63, 3.8) is 0 Å². The first kappa shape index (κ1) is 14.9. The summed E-state index contributed by atoms with van der Waals surface area (Å²) in [5.74, 6) is -0.762. The van der Waals surface area contributed by atoms with E-state index < -0.39 is 5.91 Å². The summed E-state index contributed by atoms with van der Waals surface area (Å²) in [6.07, 6.45) is 1.88. The largest absolute Gasteiger partial charge is 0.508 e. The van der Waals surface area contributed by atoms with Crippen LogP contribution in [0.1, 0.15) is 20.7 Å². The van der Waals surface area contributed by atoms with Gasteiger partial charge in [-0.3, -0.25) is 20.4 Å². The third-order valence-corrected chi connectivity index (χ3v) is 3.57. The van der Waals surface area contributed by atoms with E-state index in [0.29, 0.717) is 11.1 Å². The topological polar surface area (TPSA) is 78.4 Å². The molecule has 0 aromatic heterocycles. The number of amides is 2. The van der Waals surface area contributed by atoms with E-state index >= 15 is 0 Å². The van der Waals surface area contributed by atoms with Crippen molar-refractivity contribution in [2.45, 2.75) is 4.90 Å². The Morgan fingerprint density at radius 1 is 0.952 bits per heavy atom. The van der Waals surface area contributed by atoms with Crippen molar-refractivity contribution in [3.05, 3.63) is 59.7 Å². The highest BCUT2D eigenvalue weighted by atomic mass is 32.2. The van der Waals surface area contributed by atoms with Crippen molar-refractivity contribution in [2.75, 3.05) is 6.26 Å². The standard InChI is InChI=1S/C15H14N2O3S/c1-21-13-5-3-2-4-12(13)15(20)17-16-14(19)10-6-8-11(18)9-7-10/h2-9,18H,1H3,(H,16,19)(H,17,20). The fourth-order valence-electron chi connectivity index (χ4n) is 1.70. The second-order valence-corrected chi connectivity index (χ2v) is 5.00. The maximum absolute atomic E-state index is 12.0. The Balaban J connectivity index is 2.01. The summed E-state index contributed by atoms with van der Waals surface area (Å²) in [7, 11) is 0. The van der Waals surface area contributed by atoms with Crippen LogP contribution in [0.25, 0.3) is 0 Å². The van der Waals surface area contributed by atoms with Gasteiger partial charge in [0.2, 0.25) is 0 Å². The predicted molar refractivity (Wildman–Crippen MR) is 81.3 cm³/mol. The average molecular weight is 302 g/mol. The molecule has 2 aromatic carbocycles. The minimum atomic E-state index is -0.454. The zero-order valence-corrected chi connectivity index (χ0v) is 12.1. The van der Waals surface area contributed by atoms with Gasteiger partial charge in [-0.25, -0.2) is 0 Å². The number of hydrazine groups is 1. The maximum atomic E-state index is 12.0. The molecule has 0 spiro atoms. The third-order valence-electron chi connectivity index (χ3n) is 2.77. The van der Waals surface area contributed by atoms with Crippen molar-refractivity contribution >= 4 is 23.6 Å². The van der Waals surface area contributed by atoms with Crippen LogP contribution in [0.2, 0.25) is 0 Å². The minimum Gasteiger partial charge on any atom is -0.508 e. The summed E-state index contributed by atoms with van der Waals surface area (Å²) in [5.41, 5.74) is 5.55. The second kappa shape index (κ2) is 6.81. The van der Waals surface area contributed by atoms with E-state index in [2.05, 4.69) is 10.9 Å². The van der Waals surface area contributed by atoms with Crippen LogP contribution >= 0.6 is 11.8 Å². The number of benzene rings is 2. The molecule has 0 heterocycles. The monoisotopic (exact) mass is 302 g/mol. The number of aromatic hydroxyl groups is 1. The fourth-order valence-corrected chi connectivity index (χ4v) is 2.29. The Morgan fingerprint density at radius 2 is 1.57 bits per heavy atom. The number of nitrogens with one attached hydrogen (secondary N) is 2. The van der Waals surface area contributed by atoms with Gasteiger partial charge in [0.1, 0.15) is 5.75 Å². The van der Waals surface area contributed by atoms with Crippen LogP contribution < -0.4 is 10.9 Å². The average Bonchev–Trinajstić information content (AvgIpc) is 2.52. The first-order valence-electron chi connectivity index (χ1n) is 6.14. The first-order chi connectivity index (χ1) is 10.1. The molecular formula is C15H14N2O3S. The van der Waals surface area contributed by atoms with Crippen molar-refractivity contribution in [2.24, 2.45) is 0 Å². The summed E-state index contributed by atoms with van der Waals surface area (Å²) in [4.78, 5) is 24.7. The van der Waals surface area contributed by atoms with Gasteiger partial charge in [-0.15, -0.1) is 11.8 Å². The number of hydrogen-bond acceptors (Lipinski definition) is 4. The highest BCUT2D eigenvalue weighted by molar-refractivity contribution is 7.98. The summed E-state index contributed by atoms with van der Waals surface area (Å²) >= 11 is 1.45. The van der Waals surface area contributed by atoms with Gasteiger partial charge < -0.3 is 5.11 Å². The molecule has 2 rings (SSSR count). The Morgan fingerprint density at radius 3 is 2.24 bits per heavy atom. The quantitative estimate of drug-likeness (QED) is 0.600. The summed E-state index contributed by atoms with van der Waals surface area (Å²) in [6, 6.07) is 12.9. The number of carbonyl (C=O) groups excluding carboxylic acids is 2. The smallest absolute Gasteiger partial charge is 0.270 e. The molecule has 6 heteroatoms. The zero-order valence-electron chi connectivity index (χ0n) is 11.3. The molecule has 0 saturated heterocycles. The van der Waals surface area contributed by atoms with Gasteiger partial charge in [0, 0.05) is 10.5 Å². The highest BCUT2D eigenvalue weighted by Gasteiger charge is 2.12. The molecule has 108 valence electrons. The molecule has 0 unspecified atom stereocenters.